The van der Waals surface area contributed by atoms with Gasteiger partial charge in [0, 0.05) is 22.6 Å². The summed E-state index contributed by atoms with van der Waals surface area (Å²) in [4.78, 5) is 62.4. The third kappa shape index (κ3) is 20.7. The summed E-state index contributed by atoms with van der Waals surface area (Å²) < 4.78 is 11.4. The van der Waals surface area contributed by atoms with Crippen LogP contribution in [0.25, 0.3) is 0 Å². The summed E-state index contributed by atoms with van der Waals surface area (Å²) in [6.07, 6.45) is 27.2. The van der Waals surface area contributed by atoms with Gasteiger partial charge in [-0.3, -0.25) is 19.2 Å². The lowest BCUT2D eigenvalue weighted by Crippen LogP contribution is -2.48. The molecule has 0 unspecified atom stereocenters. The zero-order chi connectivity index (χ0) is 45.8. The van der Waals surface area contributed by atoms with E-state index in [2.05, 4.69) is 38.3 Å². The Morgan fingerprint density at radius 2 is 1.44 bits per heavy atom. The van der Waals surface area contributed by atoms with Crippen molar-refractivity contribution in [3.63, 3.8) is 0 Å². The summed E-state index contributed by atoms with van der Waals surface area (Å²) in [5, 5.41) is 5.95. The molecule has 1 saturated heterocycles. The number of thioether (sulfide) groups is 1. The van der Waals surface area contributed by atoms with Gasteiger partial charge in [-0.25, -0.2) is 4.79 Å². The van der Waals surface area contributed by atoms with Gasteiger partial charge in [0.15, 0.2) is 5.12 Å². The van der Waals surface area contributed by atoms with Crippen LogP contribution < -0.4 is 10.6 Å². The average Bonchev–Trinajstić information content (AvgIpc) is 3.25. The van der Waals surface area contributed by atoms with Crippen LogP contribution in [0.5, 0.6) is 0 Å². The highest BCUT2D eigenvalue weighted by molar-refractivity contribution is 8.13. The zero-order valence-electron chi connectivity index (χ0n) is 40.4. The fraction of sp³-hybridized carbons (Fsp3) is 0.788. The maximum Gasteiger partial charge on any atom is 0.328 e. The topological polar surface area (TPSA) is 128 Å². The van der Waals surface area contributed by atoms with Crippen LogP contribution in [0.2, 0.25) is 0 Å². The second-order valence-electron chi connectivity index (χ2n) is 19.1. The van der Waals surface area contributed by atoms with Crippen molar-refractivity contribution in [1.82, 2.24) is 5.32 Å². The second kappa shape index (κ2) is 31.9. The number of unbranched alkanes of at least 4 members (excludes halogenated alkanes) is 11. The summed E-state index contributed by atoms with van der Waals surface area (Å²) in [5.41, 5.74) is 0.519. The second-order valence-corrected chi connectivity index (χ2v) is 20.1. The van der Waals surface area contributed by atoms with Crippen molar-refractivity contribution in [3.8, 4) is 0 Å². The Morgan fingerprint density at radius 1 is 0.839 bits per heavy atom. The number of esters is 2. The van der Waals surface area contributed by atoms with E-state index in [1.165, 1.54) is 76.0 Å². The minimum absolute atomic E-state index is 0.0293. The number of amides is 2. The van der Waals surface area contributed by atoms with E-state index in [-0.39, 0.29) is 58.3 Å². The normalized spacial score (nSPS) is 18.0. The lowest BCUT2D eigenvalue weighted by atomic mass is 9.67. The van der Waals surface area contributed by atoms with Crippen LogP contribution in [0, 0.1) is 29.1 Å². The van der Waals surface area contributed by atoms with Crippen LogP contribution in [-0.2, 0) is 33.4 Å². The first kappa shape index (κ1) is 55.3. The van der Waals surface area contributed by atoms with Crippen LogP contribution in [-0.4, -0.2) is 47.6 Å². The minimum atomic E-state index is -0.632. The van der Waals surface area contributed by atoms with E-state index in [0.717, 1.165) is 94.1 Å². The molecule has 1 saturated carbocycles. The van der Waals surface area contributed by atoms with Gasteiger partial charge < -0.3 is 20.1 Å². The maximum atomic E-state index is 13.4. The number of carbonyl (C=O) groups is 5. The molecular weight excluding hydrogens is 797 g/mol. The highest BCUT2D eigenvalue weighted by Gasteiger charge is 2.44. The molecule has 62 heavy (non-hydrogen) atoms. The molecule has 1 heterocycles. The van der Waals surface area contributed by atoms with Crippen molar-refractivity contribution >= 4 is 46.8 Å². The molecule has 10 heteroatoms. The standard InChI is InChI=1S/C29H53NO5.C23H35NO2S/c1-5-7-9-11-12-13-14-15-16-18-24(34-29(33)26(30-22-31)20-23(3)4)21-27-25(28(32)35-27)19-17-10-8-6-2;1-5-18(6-2)16-23(14-10-7-11-15-23)22(26)24-19-12-8-9-13-20(19)27-21(25)17(3)4/h22-27H,5-21H2,1-4H3,(H,30,31);8-9,12-13,17-18H,5-7,10-11,14-16H2,1-4H3,(H,24,26)/t24-,25-,26-,27-;/m0./s1. The number of ether oxygens (including phenoxy) is 2. The molecule has 2 aliphatic rings. The molecule has 1 aromatic carbocycles. The molecule has 2 fully saturated rings. The van der Waals surface area contributed by atoms with E-state index in [9.17, 15) is 24.0 Å². The van der Waals surface area contributed by atoms with E-state index in [4.69, 9.17) is 9.47 Å². The first-order valence-electron chi connectivity index (χ1n) is 25.1. The van der Waals surface area contributed by atoms with E-state index in [1.54, 1.807) is 0 Å². The lowest BCUT2D eigenvalue weighted by Gasteiger charge is -2.38. The van der Waals surface area contributed by atoms with E-state index in [0.29, 0.717) is 25.2 Å². The fourth-order valence-corrected chi connectivity index (χ4v) is 9.75. The third-order valence-corrected chi connectivity index (χ3v) is 14.2. The molecule has 2 amide bonds. The summed E-state index contributed by atoms with van der Waals surface area (Å²) in [5.74, 6) is 0.418. The van der Waals surface area contributed by atoms with Crippen LogP contribution in [0.3, 0.4) is 0 Å². The first-order valence-corrected chi connectivity index (χ1v) is 25.9. The van der Waals surface area contributed by atoms with Gasteiger partial charge in [-0.05, 0) is 80.7 Å². The Bertz CT molecular complexity index is 1420. The first-order chi connectivity index (χ1) is 29.8. The van der Waals surface area contributed by atoms with Crippen LogP contribution in [0.1, 0.15) is 216 Å². The average molecular weight is 885 g/mol. The number of cyclic esters (lactones) is 1. The van der Waals surface area contributed by atoms with Crippen LogP contribution >= 0.6 is 11.8 Å². The number of benzene rings is 1. The van der Waals surface area contributed by atoms with Crippen molar-refractivity contribution in [3.05, 3.63) is 24.3 Å². The predicted octanol–water partition coefficient (Wildman–Crippen LogP) is 13.6. The molecule has 0 radical (unpaired) electrons. The molecule has 1 aliphatic heterocycles. The fourth-order valence-electron chi connectivity index (χ4n) is 8.93. The third-order valence-electron chi connectivity index (χ3n) is 13.0. The van der Waals surface area contributed by atoms with Crippen molar-refractivity contribution < 1.29 is 33.4 Å². The number of hydrogen-bond donors (Lipinski definition) is 2. The number of anilines is 1. The van der Waals surface area contributed by atoms with Gasteiger partial charge in [0.05, 0.1) is 11.6 Å². The van der Waals surface area contributed by atoms with Crippen molar-refractivity contribution in [1.29, 1.82) is 0 Å². The van der Waals surface area contributed by atoms with Crippen molar-refractivity contribution in [2.75, 3.05) is 5.32 Å². The monoisotopic (exact) mass is 885 g/mol. The Labute approximate surface area is 381 Å². The maximum absolute atomic E-state index is 13.4. The zero-order valence-corrected chi connectivity index (χ0v) is 41.2. The smallest absolute Gasteiger partial charge is 0.328 e. The van der Waals surface area contributed by atoms with Gasteiger partial charge in [0.1, 0.15) is 18.2 Å². The summed E-state index contributed by atoms with van der Waals surface area (Å²) in [6, 6.07) is 7.06. The minimum Gasteiger partial charge on any atom is -0.461 e. The molecule has 0 spiro atoms. The van der Waals surface area contributed by atoms with E-state index >= 15 is 0 Å². The Hall–Kier alpha value is -2.88. The number of rotatable bonds is 31. The molecule has 9 nitrogen and oxygen atoms in total. The molecule has 1 aromatic rings. The number of nitrogens with one attached hydrogen (secondary N) is 2. The molecule has 0 aromatic heterocycles. The highest BCUT2D eigenvalue weighted by Crippen LogP contribution is 2.44. The van der Waals surface area contributed by atoms with Gasteiger partial charge >= 0.3 is 11.9 Å². The van der Waals surface area contributed by atoms with Crippen molar-refractivity contribution in [2.24, 2.45) is 29.1 Å². The van der Waals surface area contributed by atoms with Crippen LogP contribution in [0.4, 0.5) is 5.69 Å². The van der Waals surface area contributed by atoms with Gasteiger partial charge in [-0.15, -0.1) is 0 Å². The van der Waals surface area contributed by atoms with Gasteiger partial charge in [0.2, 0.25) is 12.3 Å². The SMILES string of the molecule is CCC(CC)CC1(C(=O)Nc2ccccc2SC(=O)C(C)C)CCCCC1.CCCCCCCCCCC[C@@H](C[C@@H]1OC(=O)[C@H]1CCCCCC)OC(=O)[C@H](CC(C)C)NC=O. The molecule has 1 aliphatic carbocycles. The number of para-hydroxylation sites is 1. The van der Waals surface area contributed by atoms with E-state index in [1.807, 2.05) is 52.0 Å². The van der Waals surface area contributed by atoms with Gasteiger partial charge in [-0.2, -0.15) is 0 Å². The predicted molar refractivity (Wildman–Crippen MR) is 256 cm³/mol. The summed E-state index contributed by atoms with van der Waals surface area (Å²) in [6.45, 7) is 16.7. The highest BCUT2D eigenvalue weighted by atomic mass is 32.2. The molecule has 354 valence electrons. The summed E-state index contributed by atoms with van der Waals surface area (Å²) in [7, 11) is 0. The van der Waals surface area contributed by atoms with Crippen LogP contribution in [0.15, 0.2) is 29.2 Å². The van der Waals surface area contributed by atoms with Gasteiger partial charge in [0.25, 0.3) is 0 Å². The Kier molecular flexibility index (Phi) is 28.4. The molecule has 4 atom stereocenters. The van der Waals surface area contributed by atoms with Crippen molar-refractivity contribution in [2.45, 2.75) is 239 Å². The van der Waals surface area contributed by atoms with E-state index < -0.39 is 6.04 Å². The quantitative estimate of drug-likeness (QED) is 0.0326. The Balaban J connectivity index is 0.000000440. The lowest BCUT2D eigenvalue weighted by molar-refractivity contribution is -0.190. The Morgan fingerprint density at radius 3 is 2.00 bits per heavy atom. The summed E-state index contributed by atoms with van der Waals surface area (Å²) >= 11 is 1.24. The molecule has 0 bridgehead atoms. The molecule has 2 N–H and O–H groups in total. The number of carbonyl (C=O) groups excluding carboxylic acids is 5. The molecule has 3 rings (SSSR count). The number of hydrogen-bond acceptors (Lipinski definition) is 8. The largest absolute Gasteiger partial charge is 0.461 e. The molecular formula is C52H88N2O7S. The van der Waals surface area contributed by atoms with Gasteiger partial charge in [-0.1, -0.05) is 177 Å².